The lowest BCUT2D eigenvalue weighted by molar-refractivity contribution is -0.136. The van der Waals surface area contributed by atoms with Gasteiger partial charge in [-0.05, 0) is 128 Å². The monoisotopic (exact) mass is 840 g/mol. The van der Waals surface area contributed by atoms with Crippen LogP contribution < -0.4 is 16.2 Å². The van der Waals surface area contributed by atoms with Gasteiger partial charge in [-0.25, -0.2) is 4.68 Å². The Morgan fingerprint density at radius 3 is 2.26 bits per heavy atom. The Balaban J connectivity index is 0.796. The Hall–Kier alpha value is -4.73. The third-order valence-corrected chi connectivity index (χ3v) is 13.4. The molecule has 300 valence electrons. The van der Waals surface area contributed by atoms with Gasteiger partial charge < -0.3 is 20.0 Å². The van der Waals surface area contributed by atoms with Crippen LogP contribution in [0.2, 0.25) is 0 Å². The van der Waals surface area contributed by atoms with Crippen LogP contribution in [-0.4, -0.2) is 124 Å². The number of rotatable bonds is 8. The smallest absolute Gasteiger partial charge is 0.282 e. The Labute approximate surface area is 340 Å². The Morgan fingerprint density at radius 2 is 1.54 bits per heavy atom. The van der Waals surface area contributed by atoms with Crippen molar-refractivity contribution in [3.05, 3.63) is 91.3 Å². The summed E-state index contributed by atoms with van der Waals surface area (Å²) in [7, 11) is 3.73. The van der Waals surface area contributed by atoms with Crippen LogP contribution >= 0.6 is 15.9 Å². The number of aryl methyl sites for hydroxylation is 1. The molecule has 1 aromatic heterocycles. The number of hydrogen-bond acceptors (Lipinski definition) is 10. The van der Waals surface area contributed by atoms with Crippen molar-refractivity contribution in [1.29, 1.82) is 0 Å². The lowest BCUT2D eigenvalue weighted by Crippen LogP contribution is -2.54. The molecule has 8 rings (SSSR count). The van der Waals surface area contributed by atoms with Crippen LogP contribution in [0.15, 0.2) is 57.9 Å². The van der Waals surface area contributed by atoms with E-state index >= 15 is 0 Å². The number of benzene rings is 2. The molecule has 3 aromatic rings. The number of anilines is 1. The van der Waals surface area contributed by atoms with Gasteiger partial charge in [0.05, 0.1) is 23.0 Å². The van der Waals surface area contributed by atoms with Gasteiger partial charge in [0.2, 0.25) is 11.8 Å². The van der Waals surface area contributed by atoms with E-state index in [9.17, 15) is 28.8 Å². The lowest BCUT2D eigenvalue weighted by atomic mass is 9.87. The van der Waals surface area contributed by atoms with Crippen LogP contribution in [0.25, 0.3) is 0 Å². The number of hydrogen-bond donors (Lipinski definition) is 2. The first-order valence-corrected chi connectivity index (χ1v) is 20.9. The van der Waals surface area contributed by atoms with Crippen LogP contribution in [0.1, 0.15) is 99.0 Å². The first-order chi connectivity index (χ1) is 27.4. The molecule has 5 aliphatic heterocycles. The number of carbonyl (C=O) groups excluding carboxylic acids is 5. The molecule has 2 aromatic carbocycles. The topological polar surface area (TPSA) is 157 Å². The maximum atomic E-state index is 13.6. The molecule has 5 aliphatic rings. The van der Waals surface area contributed by atoms with E-state index in [0.717, 1.165) is 93.9 Å². The molecule has 15 heteroatoms. The predicted octanol–water partition coefficient (Wildman–Crippen LogP) is 3.58. The van der Waals surface area contributed by atoms with E-state index in [1.54, 1.807) is 19.3 Å². The number of likely N-dealkylation sites (tertiary alicyclic amines) is 3. The average molecular weight is 842 g/mol. The molecular weight excluding hydrogens is 792 g/mol. The van der Waals surface area contributed by atoms with Crippen molar-refractivity contribution in [2.24, 2.45) is 13.0 Å². The van der Waals surface area contributed by atoms with Crippen LogP contribution in [-0.2, 0) is 16.6 Å². The number of nitrogens with one attached hydrogen (secondary N) is 2. The second kappa shape index (κ2) is 16.3. The Kier molecular flexibility index (Phi) is 11.2. The quantitative estimate of drug-likeness (QED) is 0.322. The van der Waals surface area contributed by atoms with E-state index < -0.39 is 23.8 Å². The standard InChI is InChI=1S/C42H49BrN8O6/c1-47-23-30(19-31(24-47)45-34-21-44-48(2)42(57)37(34)43)26-3-5-28(6-4-26)39(54)50-17-11-25(12-18-50)22-49-15-13-27(14-16-49)29-7-8-32-33(20-29)41(56)51(40(32)55)35-9-10-36(52)46-38(35)53/h3-8,20-21,25,27,30-31,35,45H,9-19,22-24H2,1-2H3,(H,46,52,53)/t30-,31+,35?/m0/s1. The fourth-order valence-corrected chi connectivity index (χ4v) is 9.93. The van der Waals surface area contributed by atoms with Crippen LogP contribution in [0, 0.1) is 5.92 Å². The molecule has 6 heterocycles. The molecule has 4 saturated heterocycles. The molecule has 0 aliphatic carbocycles. The van der Waals surface area contributed by atoms with Crippen LogP contribution in [0.5, 0.6) is 0 Å². The molecule has 0 radical (unpaired) electrons. The summed E-state index contributed by atoms with van der Waals surface area (Å²) in [5.74, 6) is -0.772. The highest BCUT2D eigenvalue weighted by atomic mass is 79.9. The van der Waals surface area contributed by atoms with Gasteiger partial charge in [0.15, 0.2) is 0 Å². The van der Waals surface area contributed by atoms with E-state index in [4.69, 9.17) is 0 Å². The van der Waals surface area contributed by atoms with Gasteiger partial charge in [-0.1, -0.05) is 18.2 Å². The fraction of sp³-hybridized carbons (Fsp3) is 0.500. The van der Waals surface area contributed by atoms with E-state index in [0.29, 0.717) is 27.2 Å². The molecule has 0 spiro atoms. The van der Waals surface area contributed by atoms with Crippen molar-refractivity contribution in [3.8, 4) is 0 Å². The van der Waals surface area contributed by atoms with Gasteiger partial charge in [-0.3, -0.25) is 39.0 Å². The van der Waals surface area contributed by atoms with Gasteiger partial charge in [0.1, 0.15) is 10.5 Å². The Bertz CT molecular complexity index is 2140. The summed E-state index contributed by atoms with van der Waals surface area (Å²) in [6.45, 7) is 6.13. The second-order valence-electron chi connectivity index (χ2n) is 16.5. The molecule has 3 atom stereocenters. The first-order valence-electron chi connectivity index (χ1n) is 20.1. The second-order valence-corrected chi connectivity index (χ2v) is 17.3. The van der Waals surface area contributed by atoms with E-state index in [1.807, 2.05) is 29.2 Å². The summed E-state index contributed by atoms with van der Waals surface area (Å²) in [6, 6.07) is 12.8. The lowest BCUT2D eigenvalue weighted by Gasteiger charge is -2.38. The van der Waals surface area contributed by atoms with Crippen molar-refractivity contribution < 1.29 is 24.0 Å². The van der Waals surface area contributed by atoms with Crippen LogP contribution in [0.3, 0.4) is 0 Å². The molecule has 57 heavy (non-hydrogen) atoms. The van der Waals surface area contributed by atoms with E-state index in [2.05, 4.69) is 60.6 Å². The number of likely N-dealkylation sites (N-methyl/N-ethyl adjacent to an activating group) is 1. The van der Waals surface area contributed by atoms with Crippen LogP contribution in [0.4, 0.5) is 5.69 Å². The molecule has 0 saturated carbocycles. The number of piperidine rings is 4. The minimum absolute atomic E-state index is 0.0823. The zero-order valence-corrected chi connectivity index (χ0v) is 34.0. The number of halogens is 1. The van der Waals surface area contributed by atoms with Crippen molar-refractivity contribution in [2.45, 2.75) is 68.9 Å². The van der Waals surface area contributed by atoms with Gasteiger partial charge >= 0.3 is 0 Å². The first kappa shape index (κ1) is 39.1. The molecule has 5 amide bonds. The minimum Gasteiger partial charge on any atom is -0.379 e. The molecule has 14 nitrogen and oxygen atoms in total. The molecular formula is C42H49BrN8O6. The highest BCUT2D eigenvalue weighted by Gasteiger charge is 2.45. The molecule has 1 unspecified atom stereocenters. The Morgan fingerprint density at radius 1 is 0.842 bits per heavy atom. The number of carbonyl (C=O) groups is 5. The number of amides is 5. The fourth-order valence-electron chi connectivity index (χ4n) is 9.45. The summed E-state index contributed by atoms with van der Waals surface area (Å²) in [5.41, 5.74) is 4.12. The summed E-state index contributed by atoms with van der Waals surface area (Å²) in [6.07, 6.45) is 6.65. The highest BCUT2D eigenvalue weighted by Crippen LogP contribution is 2.35. The van der Waals surface area contributed by atoms with Gasteiger partial charge in [0.25, 0.3) is 23.3 Å². The van der Waals surface area contributed by atoms with Gasteiger partial charge in [-0.2, -0.15) is 5.10 Å². The number of aromatic nitrogens is 2. The largest absolute Gasteiger partial charge is 0.379 e. The zero-order chi connectivity index (χ0) is 40.0. The third-order valence-electron chi connectivity index (χ3n) is 12.6. The molecule has 4 fully saturated rings. The highest BCUT2D eigenvalue weighted by molar-refractivity contribution is 9.10. The average Bonchev–Trinajstić information content (AvgIpc) is 3.46. The zero-order valence-electron chi connectivity index (χ0n) is 32.4. The number of imide groups is 2. The van der Waals surface area contributed by atoms with Crippen molar-refractivity contribution >= 4 is 51.2 Å². The van der Waals surface area contributed by atoms with E-state index in [1.165, 1.54) is 10.2 Å². The minimum atomic E-state index is -0.964. The number of fused-ring (bicyclic) bond motifs is 1. The maximum Gasteiger partial charge on any atom is 0.282 e. The SMILES string of the molecule is CN1C[C@H](Nc2cnn(C)c(=O)c2Br)C[C@H](c2ccc(C(=O)N3CCC(CN4CCC(c5ccc6c(c5)C(=O)N(C5CCC(=O)NC5=O)C6=O)CC4)CC3)cc2)C1. The summed E-state index contributed by atoms with van der Waals surface area (Å²) in [5, 5.41) is 9.93. The summed E-state index contributed by atoms with van der Waals surface area (Å²) in [4.78, 5) is 84.3. The normalized spacial score (nSPS) is 24.2. The van der Waals surface area contributed by atoms with Gasteiger partial charge in [-0.15, -0.1) is 0 Å². The van der Waals surface area contributed by atoms with E-state index in [-0.39, 0.29) is 48.1 Å². The molecule has 0 bridgehead atoms. The summed E-state index contributed by atoms with van der Waals surface area (Å²) < 4.78 is 1.79. The number of nitrogens with zero attached hydrogens (tertiary/aromatic N) is 6. The van der Waals surface area contributed by atoms with Crippen molar-refractivity contribution in [1.82, 2.24) is 34.7 Å². The third kappa shape index (κ3) is 8.06. The van der Waals surface area contributed by atoms with Crippen molar-refractivity contribution in [3.63, 3.8) is 0 Å². The summed E-state index contributed by atoms with van der Waals surface area (Å²) >= 11 is 3.43. The maximum absolute atomic E-state index is 13.6. The molecule has 2 N–H and O–H groups in total. The van der Waals surface area contributed by atoms with Crippen molar-refractivity contribution in [2.75, 3.05) is 58.2 Å². The van der Waals surface area contributed by atoms with Gasteiger partial charge in [0, 0.05) is 57.8 Å². The predicted molar refractivity (Wildman–Crippen MR) is 216 cm³/mol.